The minimum Gasteiger partial charge on any atom is -0.480 e. The standard InChI is InChI=1S/C15H24N2O7/c1-4-24-15(23)8(2)5-11(14(21)22)16-13(20)12-6-10(19)7-17(12)9(3)18/h8,10-12,19H,4-7H2,1-3H3,(H,16,20)(H,21,22)/t8-,10-,11+,12+/m1/s1. The van der Waals surface area contributed by atoms with E-state index >= 15 is 0 Å². The fraction of sp³-hybridized carbons (Fsp3) is 0.733. The summed E-state index contributed by atoms with van der Waals surface area (Å²) in [6.45, 7) is 4.64. The van der Waals surface area contributed by atoms with Crippen molar-refractivity contribution in [1.29, 1.82) is 0 Å². The lowest BCUT2D eigenvalue weighted by molar-refractivity contribution is -0.149. The van der Waals surface area contributed by atoms with Crippen molar-refractivity contribution < 1.29 is 34.1 Å². The molecule has 136 valence electrons. The maximum atomic E-state index is 12.3. The van der Waals surface area contributed by atoms with E-state index < -0.39 is 42.0 Å². The summed E-state index contributed by atoms with van der Waals surface area (Å²) in [7, 11) is 0. The van der Waals surface area contributed by atoms with Crippen molar-refractivity contribution in [2.45, 2.75) is 51.8 Å². The van der Waals surface area contributed by atoms with Gasteiger partial charge in [-0.25, -0.2) is 4.79 Å². The predicted octanol–water partition coefficient (Wildman–Crippen LogP) is -0.873. The quantitative estimate of drug-likeness (QED) is 0.511. The van der Waals surface area contributed by atoms with Crippen LogP contribution in [0, 0.1) is 5.92 Å². The number of hydrogen-bond donors (Lipinski definition) is 3. The molecule has 0 aromatic carbocycles. The van der Waals surface area contributed by atoms with E-state index in [0.717, 1.165) is 0 Å². The Balaban J connectivity index is 2.74. The summed E-state index contributed by atoms with van der Waals surface area (Å²) in [5.41, 5.74) is 0. The van der Waals surface area contributed by atoms with Gasteiger partial charge < -0.3 is 25.2 Å². The van der Waals surface area contributed by atoms with Gasteiger partial charge in [0, 0.05) is 19.9 Å². The molecule has 0 spiro atoms. The first-order chi connectivity index (χ1) is 11.2. The topological polar surface area (TPSA) is 133 Å². The van der Waals surface area contributed by atoms with Crippen LogP contribution in [0.2, 0.25) is 0 Å². The zero-order chi connectivity index (χ0) is 18.4. The Morgan fingerprint density at radius 2 is 1.96 bits per heavy atom. The predicted molar refractivity (Wildman–Crippen MR) is 81.8 cm³/mol. The van der Waals surface area contributed by atoms with Gasteiger partial charge in [0.2, 0.25) is 11.8 Å². The lowest BCUT2D eigenvalue weighted by Gasteiger charge is -2.24. The Morgan fingerprint density at radius 3 is 2.46 bits per heavy atom. The number of nitrogens with zero attached hydrogens (tertiary/aromatic N) is 1. The van der Waals surface area contributed by atoms with Crippen molar-refractivity contribution >= 4 is 23.8 Å². The largest absolute Gasteiger partial charge is 0.480 e. The van der Waals surface area contributed by atoms with Gasteiger partial charge in [-0.05, 0) is 13.3 Å². The molecule has 4 atom stereocenters. The van der Waals surface area contributed by atoms with Crippen LogP contribution in [-0.2, 0) is 23.9 Å². The van der Waals surface area contributed by atoms with Crippen molar-refractivity contribution in [3.63, 3.8) is 0 Å². The van der Waals surface area contributed by atoms with E-state index in [0.29, 0.717) is 0 Å². The number of esters is 1. The molecule has 1 rings (SSSR count). The maximum Gasteiger partial charge on any atom is 0.326 e. The monoisotopic (exact) mass is 344 g/mol. The average Bonchev–Trinajstić information content (AvgIpc) is 2.88. The molecule has 0 aromatic heterocycles. The zero-order valence-corrected chi connectivity index (χ0v) is 14.0. The van der Waals surface area contributed by atoms with Gasteiger partial charge in [-0.3, -0.25) is 14.4 Å². The molecule has 24 heavy (non-hydrogen) atoms. The third-order valence-corrected chi connectivity index (χ3v) is 3.88. The molecular formula is C15H24N2O7. The van der Waals surface area contributed by atoms with E-state index in [-0.39, 0.29) is 31.9 Å². The number of carbonyl (C=O) groups is 4. The Kier molecular flexibility index (Phi) is 7.15. The first-order valence-electron chi connectivity index (χ1n) is 7.82. The van der Waals surface area contributed by atoms with Crippen molar-refractivity contribution in [3.05, 3.63) is 0 Å². The number of carboxylic acid groups (broad SMARTS) is 1. The molecule has 1 saturated heterocycles. The summed E-state index contributed by atoms with van der Waals surface area (Å²) < 4.78 is 4.82. The number of aliphatic hydroxyl groups is 1. The number of β-amino-alcohol motifs (C(OH)–C–C–N with tert-alkyl or cyclic N) is 1. The van der Waals surface area contributed by atoms with E-state index in [1.54, 1.807) is 6.92 Å². The maximum absolute atomic E-state index is 12.3. The molecule has 0 saturated carbocycles. The molecule has 0 aromatic rings. The highest BCUT2D eigenvalue weighted by Crippen LogP contribution is 2.19. The molecule has 1 aliphatic heterocycles. The van der Waals surface area contributed by atoms with Crippen molar-refractivity contribution in [3.8, 4) is 0 Å². The second-order valence-electron chi connectivity index (χ2n) is 5.86. The number of rotatable bonds is 7. The molecule has 9 heteroatoms. The van der Waals surface area contributed by atoms with Gasteiger partial charge in [0.05, 0.1) is 18.6 Å². The molecule has 0 bridgehead atoms. The van der Waals surface area contributed by atoms with E-state index in [2.05, 4.69) is 5.32 Å². The van der Waals surface area contributed by atoms with Crippen molar-refractivity contribution in [1.82, 2.24) is 10.2 Å². The fourth-order valence-corrected chi connectivity index (χ4v) is 2.63. The summed E-state index contributed by atoms with van der Waals surface area (Å²) in [4.78, 5) is 48.0. The summed E-state index contributed by atoms with van der Waals surface area (Å²) >= 11 is 0. The highest BCUT2D eigenvalue weighted by Gasteiger charge is 2.39. The Hall–Kier alpha value is -2.16. The minimum absolute atomic E-state index is 0.0321. The molecule has 0 aliphatic carbocycles. The molecule has 1 fully saturated rings. The number of likely N-dealkylation sites (tertiary alicyclic amines) is 1. The number of aliphatic hydroxyl groups excluding tert-OH is 1. The molecule has 0 radical (unpaired) electrons. The van der Waals surface area contributed by atoms with Crippen LogP contribution in [0.3, 0.4) is 0 Å². The third-order valence-electron chi connectivity index (χ3n) is 3.88. The smallest absolute Gasteiger partial charge is 0.326 e. The molecule has 0 unspecified atom stereocenters. The number of carbonyl (C=O) groups excluding carboxylic acids is 3. The van der Waals surface area contributed by atoms with Gasteiger partial charge in [-0.2, -0.15) is 0 Å². The minimum atomic E-state index is -1.29. The number of nitrogens with one attached hydrogen (secondary N) is 1. The van der Waals surface area contributed by atoms with Crippen LogP contribution < -0.4 is 5.32 Å². The SMILES string of the molecule is CCOC(=O)[C@H](C)C[C@H](NC(=O)[C@@H]1C[C@@H](O)CN1C(C)=O)C(=O)O. The summed E-state index contributed by atoms with van der Waals surface area (Å²) in [5.74, 6) is -3.57. The first kappa shape index (κ1) is 19.9. The van der Waals surface area contributed by atoms with E-state index in [9.17, 15) is 29.4 Å². The van der Waals surface area contributed by atoms with Crippen LogP contribution in [0.15, 0.2) is 0 Å². The average molecular weight is 344 g/mol. The number of hydrogen-bond acceptors (Lipinski definition) is 6. The van der Waals surface area contributed by atoms with Crippen LogP contribution in [0.4, 0.5) is 0 Å². The fourth-order valence-electron chi connectivity index (χ4n) is 2.63. The Morgan fingerprint density at radius 1 is 1.33 bits per heavy atom. The normalized spacial score (nSPS) is 22.6. The van der Waals surface area contributed by atoms with Gasteiger partial charge in [0.15, 0.2) is 0 Å². The van der Waals surface area contributed by atoms with Crippen LogP contribution in [0.25, 0.3) is 0 Å². The van der Waals surface area contributed by atoms with E-state index in [4.69, 9.17) is 4.74 Å². The molecule has 1 aliphatic rings. The Bertz CT molecular complexity index is 508. The molecule has 9 nitrogen and oxygen atoms in total. The third kappa shape index (κ3) is 5.19. The van der Waals surface area contributed by atoms with Crippen molar-refractivity contribution in [2.24, 2.45) is 5.92 Å². The molecule has 2 amide bonds. The molecule has 1 heterocycles. The van der Waals surface area contributed by atoms with E-state index in [1.807, 2.05) is 0 Å². The number of aliphatic carboxylic acids is 1. The number of ether oxygens (including phenoxy) is 1. The first-order valence-corrected chi connectivity index (χ1v) is 7.82. The zero-order valence-electron chi connectivity index (χ0n) is 14.0. The van der Waals surface area contributed by atoms with Crippen LogP contribution in [0.5, 0.6) is 0 Å². The van der Waals surface area contributed by atoms with Crippen LogP contribution >= 0.6 is 0 Å². The van der Waals surface area contributed by atoms with Gasteiger partial charge in [-0.1, -0.05) is 6.92 Å². The Labute approximate surface area is 140 Å². The second kappa shape index (κ2) is 8.62. The lowest BCUT2D eigenvalue weighted by atomic mass is 10.0. The number of carboxylic acids is 1. The van der Waals surface area contributed by atoms with Gasteiger partial charge in [-0.15, -0.1) is 0 Å². The van der Waals surface area contributed by atoms with Gasteiger partial charge in [0.1, 0.15) is 12.1 Å². The summed E-state index contributed by atoms with van der Waals surface area (Å²) in [6, 6.07) is -2.21. The highest BCUT2D eigenvalue weighted by atomic mass is 16.5. The molecular weight excluding hydrogens is 320 g/mol. The lowest BCUT2D eigenvalue weighted by Crippen LogP contribution is -2.51. The van der Waals surface area contributed by atoms with Crippen LogP contribution in [0.1, 0.15) is 33.6 Å². The van der Waals surface area contributed by atoms with Crippen molar-refractivity contribution in [2.75, 3.05) is 13.2 Å². The van der Waals surface area contributed by atoms with Crippen LogP contribution in [-0.4, -0.2) is 70.2 Å². The van der Waals surface area contributed by atoms with Gasteiger partial charge in [0.25, 0.3) is 0 Å². The van der Waals surface area contributed by atoms with E-state index in [1.165, 1.54) is 18.7 Å². The number of amides is 2. The summed E-state index contributed by atoms with van der Waals surface area (Å²) in [6.07, 6.45) is -0.910. The summed E-state index contributed by atoms with van der Waals surface area (Å²) in [5, 5.41) is 21.2. The highest BCUT2D eigenvalue weighted by molar-refractivity contribution is 5.90. The molecule has 3 N–H and O–H groups in total. The second-order valence-corrected chi connectivity index (χ2v) is 5.86. The van der Waals surface area contributed by atoms with Gasteiger partial charge >= 0.3 is 11.9 Å².